The molecule has 0 spiro atoms. The van der Waals surface area contributed by atoms with Crippen molar-refractivity contribution in [3.8, 4) is 0 Å². The Morgan fingerprint density at radius 3 is 2.72 bits per heavy atom. The van der Waals surface area contributed by atoms with Crippen molar-refractivity contribution in [3.63, 3.8) is 0 Å². The summed E-state index contributed by atoms with van der Waals surface area (Å²) in [4.78, 5) is 1.80. The molecule has 0 radical (unpaired) electrons. The van der Waals surface area contributed by atoms with E-state index in [0.717, 1.165) is 24.1 Å². The fourth-order valence-electron chi connectivity index (χ4n) is 2.96. The van der Waals surface area contributed by atoms with Crippen LogP contribution < -0.4 is 5.73 Å². The maximum absolute atomic E-state index is 8.41. The molecule has 0 bridgehead atoms. The second-order valence-electron chi connectivity index (χ2n) is 5.36. The standard InChI is InChI=1S/C15H21N3/c1-4-18(3)14(17)15(9-11(2)10-15)12-6-5-7-13(16)8-12/h4-8,11,17H,1,9-10,16H2,2-3H3/t11-,15+. The van der Waals surface area contributed by atoms with Crippen LogP contribution in [0.2, 0.25) is 0 Å². The molecule has 1 aromatic rings. The zero-order chi connectivity index (χ0) is 13.3. The lowest BCUT2D eigenvalue weighted by atomic mass is 9.58. The van der Waals surface area contributed by atoms with Crippen molar-refractivity contribution in [1.29, 1.82) is 5.41 Å². The first-order valence-electron chi connectivity index (χ1n) is 6.30. The molecule has 0 amide bonds. The monoisotopic (exact) mass is 243 g/mol. The Balaban J connectivity index is 2.39. The summed E-state index contributed by atoms with van der Waals surface area (Å²) in [6.07, 6.45) is 3.71. The topological polar surface area (TPSA) is 53.1 Å². The van der Waals surface area contributed by atoms with Gasteiger partial charge in [-0.2, -0.15) is 0 Å². The number of nitrogen functional groups attached to an aromatic ring is 1. The molecule has 0 unspecified atom stereocenters. The van der Waals surface area contributed by atoms with Gasteiger partial charge in [0.15, 0.2) is 0 Å². The third-order valence-electron chi connectivity index (χ3n) is 3.91. The predicted molar refractivity (Wildman–Crippen MR) is 76.6 cm³/mol. The summed E-state index contributed by atoms with van der Waals surface area (Å²) < 4.78 is 0. The Morgan fingerprint density at radius 2 is 2.22 bits per heavy atom. The van der Waals surface area contributed by atoms with E-state index in [4.69, 9.17) is 11.1 Å². The van der Waals surface area contributed by atoms with Gasteiger partial charge in [-0.05, 0) is 42.7 Å². The van der Waals surface area contributed by atoms with Crippen LogP contribution in [-0.4, -0.2) is 17.8 Å². The van der Waals surface area contributed by atoms with Gasteiger partial charge >= 0.3 is 0 Å². The van der Waals surface area contributed by atoms with E-state index in [1.165, 1.54) is 0 Å². The number of hydrogen-bond donors (Lipinski definition) is 2. The van der Waals surface area contributed by atoms with E-state index in [2.05, 4.69) is 19.6 Å². The van der Waals surface area contributed by atoms with Crippen molar-refractivity contribution in [2.75, 3.05) is 12.8 Å². The van der Waals surface area contributed by atoms with Crippen LogP contribution >= 0.6 is 0 Å². The van der Waals surface area contributed by atoms with Crippen LogP contribution in [-0.2, 0) is 5.41 Å². The molecule has 1 fully saturated rings. The van der Waals surface area contributed by atoms with Crippen molar-refractivity contribution < 1.29 is 0 Å². The summed E-state index contributed by atoms with van der Waals surface area (Å²) in [5.74, 6) is 1.27. The minimum absolute atomic E-state index is 0.183. The number of nitrogens with zero attached hydrogens (tertiary/aromatic N) is 1. The van der Waals surface area contributed by atoms with Gasteiger partial charge in [-0.15, -0.1) is 0 Å². The fraction of sp³-hybridized carbons (Fsp3) is 0.400. The van der Waals surface area contributed by atoms with Gasteiger partial charge in [-0.3, -0.25) is 5.41 Å². The minimum atomic E-state index is -0.183. The molecule has 18 heavy (non-hydrogen) atoms. The first kappa shape index (κ1) is 12.7. The number of anilines is 1. The summed E-state index contributed by atoms with van der Waals surface area (Å²) in [5, 5.41) is 8.41. The highest BCUT2D eigenvalue weighted by Gasteiger charge is 2.48. The zero-order valence-electron chi connectivity index (χ0n) is 11.1. The average Bonchev–Trinajstić information content (AvgIpc) is 2.32. The molecule has 2 rings (SSSR count). The lowest BCUT2D eigenvalue weighted by molar-refractivity contribution is 0.215. The number of likely N-dealkylation sites (N-methyl/N-ethyl adjacent to an activating group) is 1. The Kier molecular flexibility index (Phi) is 3.16. The van der Waals surface area contributed by atoms with Gasteiger partial charge in [0, 0.05) is 12.7 Å². The molecule has 0 aromatic heterocycles. The molecule has 3 nitrogen and oxygen atoms in total. The fourth-order valence-corrected chi connectivity index (χ4v) is 2.96. The van der Waals surface area contributed by atoms with Crippen molar-refractivity contribution in [3.05, 3.63) is 42.6 Å². The maximum Gasteiger partial charge on any atom is 0.110 e. The molecule has 1 aromatic carbocycles. The minimum Gasteiger partial charge on any atom is -0.399 e. The molecule has 0 atom stereocenters. The van der Waals surface area contributed by atoms with Gasteiger partial charge in [0.2, 0.25) is 0 Å². The summed E-state index contributed by atoms with van der Waals surface area (Å²) in [7, 11) is 1.88. The van der Waals surface area contributed by atoms with Crippen LogP contribution in [0.15, 0.2) is 37.0 Å². The number of nitrogens with one attached hydrogen (secondary N) is 1. The number of hydrogen-bond acceptors (Lipinski definition) is 2. The van der Waals surface area contributed by atoms with Gasteiger partial charge in [0.05, 0.1) is 5.41 Å². The summed E-state index contributed by atoms with van der Waals surface area (Å²) in [6.45, 7) is 5.97. The van der Waals surface area contributed by atoms with Crippen molar-refractivity contribution in [1.82, 2.24) is 4.90 Å². The predicted octanol–water partition coefficient (Wildman–Crippen LogP) is 2.99. The summed E-state index contributed by atoms with van der Waals surface area (Å²) in [5.41, 5.74) is 7.61. The SMILES string of the molecule is C=CN(C)C(=N)[C@]1(c2cccc(N)c2)C[C@H](C)C1. The van der Waals surface area contributed by atoms with Gasteiger partial charge in [-0.25, -0.2) is 0 Å². The zero-order valence-corrected chi connectivity index (χ0v) is 11.1. The molecule has 0 heterocycles. The largest absolute Gasteiger partial charge is 0.399 e. The smallest absolute Gasteiger partial charge is 0.110 e. The Hall–Kier alpha value is -1.77. The number of benzene rings is 1. The van der Waals surface area contributed by atoms with Crippen LogP contribution in [0.5, 0.6) is 0 Å². The van der Waals surface area contributed by atoms with E-state index in [9.17, 15) is 0 Å². The van der Waals surface area contributed by atoms with Crippen LogP contribution in [0.1, 0.15) is 25.3 Å². The Labute approximate surface area is 109 Å². The molecule has 0 aliphatic heterocycles. The quantitative estimate of drug-likeness (QED) is 0.487. The van der Waals surface area contributed by atoms with E-state index in [-0.39, 0.29) is 5.41 Å². The second kappa shape index (κ2) is 4.48. The van der Waals surface area contributed by atoms with Crippen LogP contribution in [0.3, 0.4) is 0 Å². The number of amidine groups is 1. The van der Waals surface area contributed by atoms with Gasteiger partial charge < -0.3 is 10.6 Å². The van der Waals surface area contributed by atoms with Crippen molar-refractivity contribution in [2.45, 2.75) is 25.2 Å². The molecule has 1 aliphatic carbocycles. The Morgan fingerprint density at radius 1 is 1.56 bits per heavy atom. The molecular formula is C15H21N3. The molecule has 3 heteroatoms. The normalized spacial score (nSPS) is 26.2. The highest BCUT2D eigenvalue weighted by Crippen LogP contribution is 2.49. The highest BCUT2D eigenvalue weighted by atomic mass is 15.1. The van der Waals surface area contributed by atoms with E-state index >= 15 is 0 Å². The Bertz CT molecular complexity index is 472. The number of nitrogens with two attached hydrogens (primary N) is 1. The van der Waals surface area contributed by atoms with Crippen LogP contribution in [0.4, 0.5) is 5.69 Å². The molecule has 96 valence electrons. The average molecular weight is 243 g/mol. The number of rotatable bonds is 3. The first-order valence-corrected chi connectivity index (χ1v) is 6.30. The summed E-state index contributed by atoms with van der Waals surface area (Å²) >= 11 is 0. The van der Waals surface area contributed by atoms with E-state index in [1.807, 2.05) is 25.2 Å². The van der Waals surface area contributed by atoms with Crippen LogP contribution in [0, 0.1) is 11.3 Å². The third kappa shape index (κ3) is 1.90. The van der Waals surface area contributed by atoms with E-state index in [1.54, 1.807) is 11.1 Å². The molecule has 1 aliphatic rings. The lowest BCUT2D eigenvalue weighted by Crippen LogP contribution is -2.51. The van der Waals surface area contributed by atoms with Gasteiger partial charge in [-0.1, -0.05) is 25.6 Å². The lowest BCUT2D eigenvalue weighted by Gasteiger charge is -2.49. The molecule has 3 N–H and O–H groups in total. The van der Waals surface area contributed by atoms with Crippen LogP contribution in [0.25, 0.3) is 0 Å². The van der Waals surface area contributed by atoms with E-state index in [0.29, 0.717) is 11.8 Å². The first-order chi connectivity index (χ1) is 8.49. The summed E-state index contributed by atoms with van der Waals surface area (Å²) in [6, 6.07) is 7.93. The molecule has 0 saturated heterocycles. The molecular weight excluding hydrogens is 222 g/mol. The second-order valence-corrected chi connectivity index (χ2v) is 5.36. The third-order valence-corrected chi connectivity index (χ3v) is 3.91. The van der Waals surface area contributed by atoms with Crippen molar-refractivity contribution >= 4 is 11.5 Å². The maximum atomic E-state index is 8.41. The van der Waals surface area contributed by atoms with Gasteiger partial charge in [0.25, 0.3) is 0 Å². The van der Waals surface area contributed by atoms with E-state index < -0.39 is 0 Å². The highest BCUT2D eigenvalue weighted by molar-refractivity contribution is 5.92. The molecule has 1 saturated carbocycles. The van der Waals surface area contributed by atoms with Crippen molar-refractivity contribution in [2.24, 2.45) is 5.92 Å². The van der Waals surface area contributed by atoms with Gasteiger partial charge in [0.1, 0.15) is 5.84 Å².